The molecule has 0 spiro atoms. The van der Waals surface area contributed by atoms with E-state index in [9.17, 15) is 4.39 Å². The van der Waals surface area contributed by atoms with Crippen molar-refractivity contribution in [2.24, 2.45) is 17.8 Å². The molecule has 3 rings (SSSR count). The number of halogens is 1. The van der Waals surface area contributed by atoms with E-state index in [0.717, 1.165) is 23.7 Å². The van der Waals surface area contributed by atoms with Crippen LogP contribution >= 0.6 is 0 Å². The molecule has 2 aliphatic rings. The lowest BCUT2D eigenvalue weighted by Gasteiger charge is -2.31. The second-order valence-corrected chi connectivity index (χ2v) is 8.13. The van der Waals surface area contributed by atoms with Crippen molar-refractivity contribution in [2.45, 2.75) is 70.1 Å². The number of allylic oxidation sites excluding steroid dienone is 1. The predicted molar refractivity (Wildman–Crippen MR) is 101 cm³/mol. The van der Waals surface area contributed by atoms with Crippen molar-refractivity contribution in [1.29, 1.82) is 5.26 Å². The molecule has 2 heteroatoms. The van der Waals surface area contributed by atoms with Crippen LogP contribution < -0.4 is 0 Å². The second-order valence-electron chi connectivity index (χ2n) is 8.13. The van der Waals surface area contributed by atoms with Gasteiger partial charge < -0.3 is 0 Å². The summed E-state index contributed by atoms with van der Waals surface area (Å²) >= 11 is 0. The summed E-state index contributed by atoms with van der Waals surface area (Å²) in [5, 5.41) is 8.91. The van der Waals surface area contributed by atoms with Crippen LogP contribution in [-0.2, 0) is 0 Å². The summed E-state index contributed by atoms with van der Waals surface area (Å²) in [5.74, 6) is 2.95. The Morgan fingerprint density at radius 1 is 0.880 bits per heavy atom. The Hall–Kier alpha value is -1.62. The Labute approximate surface area is 151 Å². The van der Waals surface area contributed by atoms with Crippen molar-refractivity contribution in [2.75, 3.05) is 0 Å². The lowest BCUT2D eigenvalue weighted by molar-refractivity contribution is 0.245. The van der Waals surface area contributed by atoms with Gasteiger partial charge in [-0.1, -0.05) is 31.1 Å². The Balaban J connectivity index is 1.37. The van der Waals surface area contributed by atoms with Crippen LogP contribution in [0.4, 0.5) is 4.39 Å². The third kappa shape index (κ3) is 5.18. The highest BCUT2D eigenvalue weighted by Gasteiger charge is 2.24. The van der Waals surface area contributed by atoms with Gasteiger partial charge in [-0.15, -0.1) is 0 Å². The molecule has 2 saturated carbocycles. The van der Waals surface area contributed by atoms with E-state index in [1.807, 2.05) is 12.1 Å². The number of nitriles is 1. The van der Waals surface area contributed by atoms with Gasteiger partial charge in [0.2, 0.25) is 0 Å². The molecule has 2 fully saturated rings. The van der Waals surface area contributed by atoms with E-state index in [1.54, 1.807) is 6.08 Å². The maximum atomic E-state index is 12.3. The van der Waals surface area contributed by atoms with Crippen LogP contribution in [0.25, 0.3) is 0 Å². The van der Waals surface area contributed by atoms with Gasteiger partial charge in [0.05, 0.1) is 18.0 Å². The van der Waals surface area contributed by atoms with E-state index in [4.69, 9.17) is 5.26 Å². The topological polar surface area (TPSA) is 23.8 Å². The van der Waals surface area contributed by atoms with Crippen molar-refractivity contribution in [3.05, 3.63) is 47.8 Å². The largest absolute Gasteiger partial charge is 0.216 e. The summed E-state index contributed by atoms with van der Waals surface area (Å²) in [7, 11) is 0. The minimum absolute atomic E-state index is 0.490. The van der Waals surface area contributed by atoms with Gasteiger partial charge in [0.1, 0.15) is 0 Å². The summed E-state index contributed by atoms with van der Waals surface area (Å²) in [4.78, 5) is 0. The van der Waals surface area contributed by atoms with Crippen molar-refractivity contribution >= 4 is 0 Å². The van der Waals surface area contributed by atoms with Crippen LogP contribution in [-0.4, -0.2) is 0 Å². The van der Waals surface area contributed by atoms with Crippen molar-refractivity contribution in [3.8, 4) is 6.07 Å². The molecule has 25 heavy (non-hydrogen) atoms. The molecule has 2 aliphatic carbocycles. The average Bonchev–Trinajstić information content (AvgIpc) is 2.68. The molecule has 1 aromatic rings. The smallest absolute Gasteiger partial charge is 0.0991 e. The molecule has 0 atom stereocenters. The summed E-state index contributed by atoms with van der Waals surface area (Å²) in [6.07, 6.45) is 15.5. The summed E-state index contributed by atoms with van der Waals surface area (Å²) in [5.41, 5.74) is 2.17. The Morgan fingerprint density at radius 2 is 1.44 bits per heavy atom. The van der Waals surface area contributed by atoms with Gasteiger partial charge in [-0.05, 0) is 92.7 Å². The molecule has 0 amide bonds. The first-order valence-corrected chi connectivity index (χ1v) is 10.1. The van der Waals surface area contributed by atoms with Gasteiger partial charge in [0, 0.05) is 0 Å². The Morgan fingerprint density at radius 3 is 1.96 bits per heavy atom. The first kappa shape index (κ1) is 18.2. The lowest BCUT2D eigenvalue weighted by Crippen LogP contribution is -2.17. The quantitative estimate of drug-likeness (QED) is 0.572. The number of nitrogens with zero attached hydrogens (tertiary/aromatic N) is 1. The van der Waals surface area contributed by atoms with Crippen molar-refractivity contribution < 1.29 is 4.39 Å². The fourth-order valence-electron chi connectivity index (χ4n) is 4.86. The number of hydrogen-bond acceptors (Lipinski definition) is 1. The number of benzene rings is 1. The van der Waals surface area contributed by atoms with Gasteiger partial charge in [0.15, 0.2) is 0 Å². The monoisotopic (exact) mass is 339 g/mol. The number of rotatable bonds is 5. The maximum Gasteiger partial charge on any atom is 0.0991 e. The first-order chi connectivity index (χ1) is 12.3. The fourth-order valence-corrected chi connectivity index (χ4v) is 4.86. The van der Waals surface area contributed by atoms with E-state index in [1.165, 1.54) is 69.8 Å². The fraction of sp³-hybridized carbons (Fsp3) is 0.609. The molecule has 0 N–H and O–H groups in total. The summed E-state index contributed by atoms with van der Waals surface area (Å²) < 4.78 is 12.3. The van der Waals surface area contributed by atoms with E-state index >= 15 is 0 Å². The molecule has 1 aromatic carbocycles. The standard InChI is InChI=1S/C23H30FN/c24-16-15-20-5-3-18(4-6-20)1-2-19-7-11-22(12-8-19)23-13-9-21(17-25)10-14-23/h9-10,13-16,18-20,22H,1-8,11-12H2/b16-15+. The van der Waals surface area contributed by atoms with Crippen LogP contribution in [0.2, 0.25) is 0 Å². The molecule has 134 valence electrons. The zero-order valence-electron chi connectivity index (χ0n) is 15.2. The minimum Gasteiger partial charge on any atom is -0.216 e. The van der Waals surface area contributed by atoms with Gasteiger partial charge in [-0.25, -0.2) is 4.39 Å². The summed E-state index contributed by atoms with van der Waals surface area (Å²) in [6, 6.07) is 10.4. The van der Waals surface area contributed by atoms with Crippen molar-refractivity contribution in [3.63, 3.8) is 0 Å². The summed E-state index contributed by atoms with van der Waals surface area (Å²) in [6.45, 7) is 0. The van der Waals surface area contributed by atoms with Gasteiger partial charge in [-0.3, -0.25) is 0 Å². The molecule has 0 saturated heterocycles. The molecule has 0 bridgehead atoms. The maximum absolute atomic E-state index is 12.3. The van der Waals surface area contributed by atoms with Gasteiger partial charge in [-0.2, -0.15) is 5.26 Å². The normalized spacial score (nSPS) is 30.2. The second kappa shape index (κ2) is 9.18. The molecule has 0 unspecified atom stereocenters. The molecular weight excluding hydrogens is 309 g/mol. The van der Waals surface area contributed by atoms with E-state index in [2.05, 4.69) is 18.2 Å². The average molecular weight is 339 g/mol. The zero-order chi connectivity index (χ0) is 17.5. The molecule has 0 aliphatic heterocycles. The van der Waals surface area contributed by atoms with Crippen molar-refractivity contribution in [1.82, 2.24) is 0 Å². The third-order valence-electron chi connectivity index (χ3n) is 6.58. The van der Waals surface area contributed by atoms with Crippen LogP contribution in [0.1, 0.15) is 81.3 Å². The third-order valence-corrected chi connectivity index (χ3v) is 6.58. The number of hydrogen-bond donors (Lipinski definition) is 0. The van der Waals surface area contributed by atoms with E-state index in [-0.39, 0.29) is 0 Å². The zero-order valence-corrected chi connectivity index (χ0v) is 15.2. The lowest BCUT2D eigenvalue weighted by atomic mass is 9.74. The highest BCUT2D eigenvalue weighted by atomic mass is 19.1. The molecule has 0 radical (unpaired) electrons. The molecule has 0 aromatic heterocycles. The van der Waals surface area contributed by atoms with Gasteiger partial charge >= 0.3 is 0 Å². The van der Waals surface area contributed by atoms with Gasteiger partial charge in [0.25, 0.3) is 0 Å². The van der Waals surface area contributed by atoms with Crippen LogP contribution in [0, 0.1) is 29.1 Å². The minimum atomic E-state index is 0.490. The van der Waals surface area contributed by atoms with Crippen LogP contribution in [0.5, 0.6) is 0 Å². The SMILES string of the molecule is N#Cc1ccc(C2CCC(CCC3CCC(/C=C/F)CC3)CC2)cc1. The van der Waals surface area contributed by atoms with Crippen LogP contribution in [0.3, 0.4) is 0 Å². The van der Waals surface area contributed by atoms with Crippen LogP contribution in [0.15, 0.2) is 36.7 Å². The van der Waals surface area contributed by atoms with E-state index < -0.39 is 0 Å². The highest BCUT2D eigenvalue weighted by molar-refractivity contribution is 5.33. The highest BCUT2D eigenvalue weighted by Crippen LogP contribution is 2.39. The molecular formula is C23H30FN. The molecule has 0 heterocycles. The predicted octanol–water partition coefficient (Wildman–Crippen LogP) is 6.90. The molecule has 1 nitrogen and oxygen atoms in total. The van der Waals surface area contributed by atoms with E-state index in [0.29, 0.717) is 11.8 Å². The Bertz CT molecular complexity index is 582. The Kier molecular flexibility index (Phi) is 6.68. The first-order valence-electron chi connectivity index (χ1n) is 10.1.